The van der Waals surface area contributed by atoms with Crippen LogP contribution in [0.5, 0.6) is 17.2 Å². The third-order valence-corrected chi connectivity index (χ3v) is 4.71. The van der Waals surface area contributed by atoms with E-state index in [0.717, 1.165) is 12.4 Å². The van der Waals surface area contributed by atoms with Gasteiger partial charge in [0.2, 0.25) is 0 Å². The molecule has 0 radical (unpaired) electrons. The van der Waals surface area contributed by atoms with Crippen molar-refractivity contribution in [3.8, 4) is 17.2 Å². The van der Waals surface area contributed by atoms with Crippen LogP contribution in [-0.4, -0.2) is 53.9 Å². The number of benzene rings is 2. The number of nitrogens with zero attached hydrogens (tertiary/aromatic N) is 2. The van der Waals surface area contributed by atoms with E-state index in [1.165, 1.54) is 25.2 Å². The normalized spacial score (nSPS) is 11.3. The van der Waals surface area contributed by atoms with Crippen LogP contribution in [0.4, 0.5) is 5.69 Å². The number of carbonyl (C=O) groups excluding carboxylic acids is 1. The molecular weight excluding hydrogens is 386 g/mol. The molecule has 0 aliphatic carbocycles. The van der Waals surface area contributed by atoms with Crippen LogP contribution in [0.2, 0.25) is 0 Å². The quantitative estimate of drug-likeness (QED) is 0.321. The summed E-state index contributed by atoms with van der Waals surface area (Å²) in [7, 11) is 1.72. The van der Waals surface area contributed by atoms with Crippen molar-refractivity contribution in [2.75, 3.05) is 34.0 Å². The van der Waals surface area contributed by atoms with E-state index in [9.17, 15) is 13.2 Å². The molecule has 0 saturated heterocycles. The lowest BCUT2D eigenvalue weighted by Crippen LogP contribution is -2.12. The highest BCUT2D eigenvalue weighted by Gasteiger charge is 2.25. The van der Waals surface area contributed by atoms with Crippen molar-refractivity contribution < 1.29 is 27.4 Å². The number of sulfonamides is 1. The Morgan fingerprint density at radius 2 is 1.71 bits per heavy atom. The van der Waals surface area contributed by atoms with Crippen molar-refractivity contribution in [1.29, 1.82) is 0 Å². The smallest absolute Gasteiger partial charge is 0.337 e. The fraction of sp³-hybridized carbons (Fsp3) is 0.222. The lowest BCUT2D eigenvalue weighted by atomic mass is 10.2. The summed E-state index contributed by atoms with van der Waals surface area (Å²) in [5, 5.41) is 0. The average molecular weight is 407 g/mol. The molecule has 0 atom stereocenters. The van der Waals surface area contributed by atoms with Gasteiger partial charge in [-0.05, 0) is 36.4 Å². The van der Waals surface area contributed by atoms with E-state index >= 15 is 0 Å². The SMILES string of the molecule is COC(=O)c1cc(N)c(Oc2ccc(OC)cc2)c(S(=O)(=O)N=CN(C)C)c1. The minimum absolute atomic E-state index is 0.0410. The maximum absolute atomic E-state index is 12.7. The highest BCUT2D eigenvalue weighted by molar-refractivity contribution is 7.90. The number of esters is 1. The molecule has 2 N–H and O–H groups in total. The second-order valence-electron chi connectivity index (χ2n) is 5.82. The summed E-state index contributed by atoms with van der Waals surface area (Å²) in [4.78, 5) is 13.0. The Kier molecular flexibility index (Phi) is 6.47. The number of hydrogen-bond acceptors (Lipinski definition) is 7. The van der Waals surface area contributed by atoms with Gasteiger partial charge < -0.3 is 24.8 Å². The largest absolute Gasteiger partial charge is 0.497 e. The monoisotopic (exact) mass is 407 g/mol. The molecule has 0 heterocycles. The Bertz CT molecular complexity index is 985. The summed E-state index contributed by atoms with van der Waals surface area (Å²) in [6.07, 6.45) is 1.12. The first-order valence-corrected chi connectivity index (χ1v) is 9.42. The van der Waals surface area contributed by atoms with Gasteiger partial charge in [0.15, 0.2) is 5.75 Å². The van der Waals surface area contributed by atoms with Gasteiger partial charge in [-0.2, -0.15) is 8.42 Å². The van der Waals surface area contributed by atoms with Gasteiger partial charge in [0.1, 0.15) is 22.7 Å². The van der Waals surface area contributed by atoms with E-state index in [-0.39, 0.29) is 21.9 Å². The Morgan fingerprint density at radius 1 is 1.11 bits per heavy atom. The van der Waals surface area contributed by atoms with Crippen LogP contribution in [0.1, 0.15) is 10.4 Å². The van der Waals surface area contributed by atoms with Gasteiger partial charge >= 0.3 is 5.97 Å². The molecule has 150 valence electrons. The lowest BCUT2D eigenvalue weighted by molar-refractivity contribution is 0.0600. The predicted molar refractivity (Wildman–Crippen MR) is 105 cm³/mol. The van der Waals surface area contributed by atoms with Gasteiger partial charge in [-0.25, -0.2) is 4.79 Å². The van der Waals surface area contributed by atoms with Gasteiger partial charge in [0.25, 0.3) is 10.0 Å². The first-order chi connectivity index (χ1) is 13.2. The Labute approximate surface area is 163 Å². The molecule has 0 unspecified atom stereocenters. The standard InChI is InChI=1S/C18H21N3O6S/c1-21(2)11-20-28(23,24)16-10-12(18(22)26-4)9-15(19)17(16)27-14-7-5-13(25-3)6-8-14/h5-11H,19H2,1-4H3. The summed E-state index contributed by atoms with van der Waals surface area (Å²) in [5.41, 5.74) is 5.89. The fourth-order valence-corrected chi connectivity index (χ4v) is 3.23. The zero-order valence-electron chi connectivity index (χ0n) is 15.9. The molecular formula is C18H21N3O6S. The Hall–Kier alpha value is -3.27. The van der Waals surface area contributed by atoms with Crippen LogP contribution in [0, 0.1) is 0 Å². The van der Waals surface area contributed by atoms with Crippen LogP contribution in [-0.2, 0) is 14.8 Å². The van der Waals surface area contributed by atoms with Gasteiger partial charge in [0, 0.05) is 14.1 Å². The summed E-state index contributed by atoms with van der Waals surface area (Å²) >= 11 is 0. The van der Waals surface area contributed by atoms with Crippen molar-refractivity contribution in [2.24, 2.45) is 4.40 Å². The van der Waals surface area contributed by atoms with Crippen molar-refractivity contribution in [3.05, 3.63) is 42.0 Å². The van der Waals surface area contributed by atoms with Crippen LogP contribution >= 0.6 is 0 Å². The van der Waals surface area contributed by atoms with E-state index in [0.29, 0.717) is 11.5 Å². The lowest BCUT2D eigenvalue weighted by Gasteiger charge is -2.14. The van der Waals surface area contributed by atoms with Gasteiger partial charge in [-0.3, -0.25) is 0 Å². The molecule has 0 amide bonds. The number of methoxy groups -OCH3 is 2. The molecule has 0 fully saturated rings. The average Bonchev–Trinajstić information content (AvgIpc) is 2.67. The molecule has 0 aromatic heterocycles. The molecule has 2 rings (SSSR count). The summed E-state index contributed by atoms with van der Waals surface area (Å²) < 4.78 is 44.5. The molecule has 10 heteroatoms. The molecule has 2 aromatic carbocycles. The van der Waals surface area contributed by atoms with Crippen LogP contribution < -0.4 is 15.2 Å². The first-order valence-electron chi connectivity index (χ1n) is 7.98. The summed E-state index contributed by atoms with van der Waals surface area (Å²) in [5.74, 6) is 0.0422. The number of ether oxygens (including phenoxy) is 3. The summed E-state index contributed by atoms with van der Waals surface area (Å²) in [6.45, 7) is 0. The van der Waals surface area contributed by atoms with Gasteiger partial charge in [-0.1, -0.05) is 0 Å². The van der Waals surface area contributed by atoms with Gasteiger partial charge in [-0.15, -0.1) is 4.40 Å². The molecule has 0 aliphatic heterocycles. The number of rotatable bonds is 7. The fourth-order valence-electron chi connectivity index (χ4n) is 2.14. The number of nitrogens with two attached hydrogens (primary N) is 1. The zero-order chi connectivity index (χ0) is 20.9. The number of nitrogen functional groups attached to an aromatic ring is 1. The van der Waals surface area contributed by atoms with E-state index in [4.69, 9.17) is 15.2 Å². The van der Waals surface area contributed by atoms with Crippen LogP contribution in [0.25, 0.3) is 0 Å². The number of hydrogen-bond donors (Lipinski definition) is 1. The maximum Gasteiger partial charge on any atom is 0.337 e. The van der Waals surface area contributed by atoms with Crippen molar-refractivity contribution in [1.82, 2.24) is 4.90 Å². The third-order valence-electron chi connectivity index (χ3n) is 3.48. The maximum atomic E-state index is 12.7. The van der Waals surface area contributed by atoms with Crippen molar-refractivity contribution >= 4 is 28.0 Å². The molecule has 9 nitrogen and oxygen atoms in total. The Balaban J connectivity index is 2.60. The molecule has 0 aliphatic rings. The highest BCUT2D eigenvalue weighted by Crippen LogP contribution is 2.37. The van der Waals surface area contributed by atoms with E-state index in [1.54, 1.807) is 38.4 Å². The molecule has 0 bridgehead atoms. The van der Waals surface area contributed by atoms with Crippen molar-refractivity contribution in [3.63, 3.8) is 0 Å². The van der Waals surface area contributed by atoms with E-state index < -0.39 is 16.0 Å². The Morgan fingerprint density at radius 3 is 2.25 bits per heavy atom. The van der Waals surface area contributed by atoms with Crippen LogP contribution in [0.15, 0.2) is 45.7 Å². The minimum atomic E-state index is -4.22. The van der Waals surface area contributed by atoms with Crippen molar-refractivity contribution in [2.45, 2.75) is 4.90 Å². The predicted octanol–water partition coefficient (Wildman–Crippen LogP) is 2.13. The number of carbonyl (C=O) groups is 1. The highest BCUT2D eigenvalue weighted by atomic mass is 32.2. The molecule has 0 saturated carbocycles. The third kappa shape index (κ3) is 4.92. The van der Waals surface area contributed by atoms with Gasteiger partial charge in [0.05, 0.1) is 25.5 Å². The minimum Gasteiger partial charge on any atom is -0.497 e. The van der Waals surface area contributed by atoms with Crippen LogP contribution in [0.3, 0.4) is 0 Å². The molecule has 0 spiro atoms. The first kappa shape index (κ1) is 21.0. The zero-order valence-corrected chi connectivity index (χ0v) is 16.7. The number of anilines is 1. The van der Waals surface area contributed by atoms with E-state index in [1.807, 2.05) is 0 Å². The summed E-state index contributed by atoms with van der Waals surface area (Å²) in [6, 6.07) is 8.86. The van der Waals surface area contributed by atoms with E-state index in [2.05, 4.69) is 9.13 Å². The molecule has 2 aromatic rings. The second-order valence-corrected chi connectivity index (χ2v) is 7.42. The topological polar surface area (TPSA) is 121 Å². The molecule has 28 heavy (non-hydrogen) atoms. The second kappa shape index (κ2) is 8.61.